The number of methoxy groups -OCH3 is 2. The second-order valence-electron chi connectivity index (χ2n) is 6.76. The predicted molar refractivity (Wildman–Crippen MR) is 120 cm³/mol. The Balaban J connectivity index is 1.65. The van der Waals surface area contributed by atoms with Gasteiger partial charge in [0.2, 0.25) is 5.88 Å². The van der Waals surface area contributed by atoms with Crippen molar-refractivity contribution in [1.82, 2.24) is 5.16 Å². The number of benzene rings is 2. The molecule has 0 radical (unpaired) electrons. The van der Waals surface area contributed by atoms with Crippen molar-refractivity contribution in [2.24, 2.45) is 0 Å². The van der Waals surface area contributed by atoms with Crippen molar-refractivity contribution in [1.29, 1.82) is 0 Å². The monoisotopic (exact) mass is 457 g/mol. The molecule has 0 fully saturated rings. The Hall–Kier alpha value is -3.79. The third kappa shape index (κ3) is 5.09. The van der Waals surface area contributed by atoms with Gasteiger partial charge in [-0.25, -0.2) is 13.1 Å². The minimum absolute atomic E-state index is 0.0573. The lowest BCUT2D eigenvalue weighted by molar-refractivity contribution is 0.104. The second-order valence-corrected chi connectivity index (χ2v) is 8.45. The van der Waals surface area contributed by atoms with Crippen molar-refractivity contribution in [3.63, 3.8) is 0 Å². The van der Waals surface area contributed by atoms with E-state index in [9.17, 15) is 13.2 Å². The molecule has 0 atom stereocenters. The lowest BCUT2D eigenvalue weighted by Crippen LogP contribution is -2.13. The fourth-order valence-electron chi connectivity index (χ4n) is 2.72. The first kappa shape index (κ1) is 22.9. The summed E-state index contributed by atoms with van der Waals surface area (Å²) in [6.45, 7) is 3.44. The Labute approximate surface area is 186 Å². The van der Waals surface area contributed by atoms with Crippen LogP contribution in [0.3, 0.4) is 0 Å². The number of sulfonamides is 1. The van der Waals surface area contributed by atoms with Gasteiger partial charge >= 0.3 is 0 Å². The second kappa shape index (κ2) is 9.56. The lowest BCUT2D eigenvalue weighted by atomic mass is 10.1. The minimum atomic E-state index is -3.83. The van der Waals surface area contributed by atoms with Gasteiger partial charge in [-0.1, -0.05) is 5.16 Å². The first-order valence-corrected chi connectivity index (χ1v) is 11.0. The molecule has 1 aromatic heterocycles. The Kier molecular flexibility index (Phi) is 6.84. The SMILES string of the molecule is COc1ccc(C(=O)/C=C\Nc2ccc(S(=O)(=O)Nc3onc(C)c3C)cc2)cc1OC. The van der Waals surface area contributed by atoms with E-state index in [1.54, 1.807) is 44.2 Å². The number of nitrogens with zero attached hydrogens (tertiary/aromatic N) is 1. The molecular weight excluding hydrogens is 434 g/mol. The normalized spacial score (nSPS) is 11.4. The zero-order chi connectivity index (χ0) is 23.3. The highest BCUT2D eigenvalue weighted by atomic mass is 32.2. The van der Waals surface area contributed by atoms with Gasteiger partial charge in [0.05, 0.1) is 24.8 Å². The summed E-state index contributed by atoms with van der Waals surface area (Å²) in [6, 6.07) is 10.9. The summed E-state index contributed by atoms with van der Waals surface area (Å²) in [5.74, 6) is 0.839. The molecule has 1 heterocycles. The summed E-state index contributed by atoms with van der Waals surface area (Å²) in [5.41, 5.74) is 2.27. The number of hydrogen-bond donors (Lipinski definition) is 2. The van der Waals surface area contributed by atoms with Gasteiger partial charge in [0.25, 0.3) is 10.0 Å². The fourth-order valence-corrected chi connectivity index (χ4v) is 3.77. The van der Waals surface area contributed by atoms with Crippen LogP contribution in [0.2, 0.25) is 0 Å². The molecule has 0 bridgehead atoms. The van der Waals surface area contributed by atoms with Gasteiger partial charge < -0.3 is 19.3 Å². The number of aromatic nitrogens is 1. The van der Waals surface area contributed by atoms with Crippen molar-refractivity contribution in [2.75, 3.05) is 24.3 Å². The maximum atomic E-state index is 12.5. The third-order valence-electron chi connectivity index (χ3n) is 4.70. The number of ether oxygens (including phenoxy) is 2. The van der Waals surface area contributed by atoms with Gasteiger partial charge in [0.1, 0.15) is 0 Å². The van der Waals surface area contributed by atoms with Crippen LogP contribution in [0.15, 0.2) is 64.2 Å². The highest BCUT2D eigenvalue weighted by molar-refractivity contribution is 7.92. The van der Waals surface area contributed by atoms with Gasteiger partial charge in [0, 0.05) is 29.1 Å². The standard InChI is InChI=1S/C22H23N3O6S/c1-14-15(2)24-31-22(14)25-32(27,28)18-8-6-17(7-9-18)23-12-11-19(26)16-5-10-20(29-3)21(13-16)30-4/h5-13,23,25H,1-4H3/b12-11-. The van der Waals surface area contributed by atoms with E-state index in [1.165, 1.54) is 38.6 Å². The van der Waals surface area contributed by atoms with Crippen LogP contribution in [0.25, 0.3) is 0 Å². The number of carbonyl (C=O) groups excluding carboxylic acids is 1. The number of aryl methyl sites for hydroxylation is 1. The number of hydrogen-bond acceptors (Lipinski definition) is 8. The first-order chi connectivity index (χ1) is 15.2. The zero-order valence-electron chi connectivity index (χ0n) is 18.0. The predicted octanol–water partition coefficient (Wildman–Crippen LogP) is 3.92. The Morgan fingerprint density at radius 3 is 2.31 bits per heavy atom. The van der Waals surface area contributed by atoms with E-state index < -0.39 is 10.0 Å². The molecule has 2 aromatic carbocycles. The molecule has 0 spiro atoms. The number of ketones is 1. The lowest BCUT2D eigenvalue weighted by Gasteiger charge is -2.08. The van der Waals surface area contributed by atoms with E-state index in [0.717, 1.165) is 0 Å². The van der Waals surface area contributed by atoms with Crippen molar-refractivity contribution < 1.29 is 27.2 Å². The Bertz CT molecular complexity index is 1250. The van der Waals surface area contributed by atoms with Crippen LogP contribution in [0.1, 0.15) is 21.6 Å². The van der Waals surface area contributed by atoms with Crippen molar-refractivity contribution >= 4 is 27.4 Å². The van der Waals surface area contributed by atoms with Gasteiger partial charge in [-0.3, -0.25) is 4.79 Å². The molecule has 9 nitrogen and oxygen atoms in total. The number of rotatable bonds is 9. The number of anilines is 2. The van der Waals surface area contributed by atoms with E-state index in [2.05, 4.69) is 15.2 Å². The summed E-state index contributed by atoms with van der Waals surface area (Å²) in [6.07, 6.45) is 2.84. The van der Waals surface area contributed by atoms with Gasteiger partial charge in [-0.05, 0) is 56.3 Å². The molecule has 0 aliphatic heterocycles. The van der Waals surface area contributed by atoms with Gasteiger partial charge in [0.15, 0.2) is 17.3 Å². The van der Waals surface area contributed by atoms with Crippen LogP contribution < -0.4 is 19.5 Å². The number of allylic oxidation sites excluding steroid dienone is 1. The molecule has 10 heteroatoms. The largest absolute Gasteiger partial charge is 0.493 e. The average Bonchev–Trinajstić information content (AvgIpc) is 3.10. The van der Waals surface area contributed by atoms with E-state index >= 15 is 0 Å². The maximum Gasteiger partial charge on any atom is 0.264 e. The molecule has 168 valence electrons. The summed E-state index contributed by atoms with van der Waals surface area (Å²) >= 11 is 0. The van der Waals surface area contributed by atoms with Crippen molar-refractivity contribution in [3.05, 3.63) is 71.6 Å². The smallest absolute Gasteiger partial charge is 0.264 e. The average molecular weight is 458 g/mol. The summed E-state index contributed by atoms with van der Waals surface area (Å²) < 4.78 is 42.8. The Morgan fingerprint density at radius 1 is 1.03 bits per heavy atom. The molecule has 2 N–H and O–H groups in total. The highest BCUT2D eigenvalue weighted by Gasteiger charge is 2.19. The van der Waals surface area contributed by atoms with Crippen LogP contribution in [-0.2, 0) is 10.0 Å². The topological polar surface area (TPSA) is 120 Å². The number of carbonyl (C=O) groups is 1. The molecular formula is C22H23N3O6S. The quantitative estimate of drug-likeness (QED) is 0.366. The molecule has 0 aliphatic carbocycles. The van der Waals surface area contributed by atoms with E-state index in [4.69, 9.17) is 14.0 Å². The highest BCUT2D eigenvalue weighted by Crippen LogP contribution is 2.28. The number of nitrogens with one attached hydrogen (secondary N) is 2. The van der Waals surface area contributed by atoms with Crippen LogP contribution in [-0.4, -0.2) is 33.6 Å². The van der Waals surface area contributed by atoms with Crippen LogP contribution in [0.5, 0.6) is 11.5 Å². The molecule has 0 saturated carbocycles. The fraction of sp³-hybridized carbons (Fsp3) is 0.182. The Morgan fingerprint density at radius 2 is 1.72 bits per heavy atom. The van der Waals surface area contributed by atoms with Crippen molar-refractivity contribution in [2.45, 2.75) is 18.7 Å². The first-order valence-electron chi connectivity index (χ1n) is 9.50. The van der Waals surface area contributed by atoms with Gasteiger partial charge in [-0.15, -0.1) is 0 Å². The molecule has 0 saturated heterocycles. The summed E-state index contributed by atoms with van der Waals surface area (Å²) in [4.78, 5) is 12.4. The van der Waals surface area contributed by atoms with E-state index in [1.807, 2.05) is 0 Å². The van der Waals surface area contributed by atoms with Crippen LogP contribution in [0, 0.1) is 13.8 Å². The zero-order valence-corrected chi connectivity index (χ0v) is 18.8. The van der Waals surface area contributed by atoms with Gasteiger partial charge in [-0.2, -0.15) is 0 Å². The van der Waals surface area contributed by atoms with Crippen molar-refractivity contribution in [3.8, 4) is 11.5 Å². The molecule has 32 heavy (non-hydrogen) atoms. The maximum absolute atomic E-state index is 12.5. The molecule has 3 rings (SSSR count). The molecule has 3 aromatic rings. The third-order valence-corrected chi connectivity index (χ3v) is 6.05. The van der Waals surface area contributed by atoms with E-state index in [-0.39, 0.29) is 16.6 Å². The molecule has 0 amide bonds. The van der Waals surface area contributed by atoms with Crippen LogP contribution >= 0.6 is 0 Å². The molecule has 0 unspecified atom stereocenters. The summed E-state index contributed by atoms with van der Waals surface area (Å²) in [5, 5.41) is 6.67. The molecule has 0 aliphatic rings. The van der Waals surface area contributed by atoms with E-state index in [0.29, 0.717) is 34.0 Å². The van der Waals surface area contributed by atoms with Crippen LogP contribution in [0.4, 0.5) is 11.6 Å². The summed E-state index contributed by atoms with van der Waals surface area (Å²) in [7, 11) is -0.811. The minimum Gasteiger partial charge on any atom is -0.493 e.